The fraction of sp³-hybridized carbons (Fsp3) is 0.552. The number of ether oxygens (including phenoxy) is 2. The number of fused-ring (bicyclic) bond motifs is 1. The van der Waals surface area contributed by atoms with E-state index in [1.165, 1.54) is 31.5 Å². The molecule has 1 amide bonds. The Morgan fingerprint density at radius 2 is 1.91 bits per heavy atom. The van der Waals surface area contributed by atoms with Gasteiger partial charge in [0.25, 0.3) is 0 Å². The molecule has 1 heterocycles. The molecule has 34 heavy (non-hydrogen) atoms. The Hall–Kier alpha value is -2.53. The van der Waals surface area contributed by atoms with Gasteiger partial charge in [0.15, 0.2) is 0 Å². The van der Waals surface area contributed by atoms with Crippen molar-refractivity contribution in [1.82, 2.24) is 9.80 Å². The molecule has 3 fully saturated rings. The van der Waals surface area contributed by atoms with E-state index in [2.05, 4.69) is 23.1 Å². The fourth-order valence-electron chi connectivity index (χ4n) is 6.25. The van der Waals surface area contributed by atoms with E-state index in [1.54, 1.807) is 7.11 Å². The summed E-state index contributed by atoms with van der Waals surface area (Å²) in [6.45, 7) is 3.89. The Morgan fingerprint density at radius 3 is 2.68 bits per heavy atom. The van der Waals surface area contributed by atoms with Gasteiger partial charge in [-0.1, -0.05) is 42.5 Å². The molecule has 5 nitrogen and oxygen atoms in total. The second-order valence-corrected chi connectivity index (χ2v) is 10.6. The van der Waals surface area contributed by atoms with Gasteiger partial charge in [-0.05, 0) is 80.2 Å². The maximum atomic E-state index is 13.0. The molecule has 2 aliphatic carbocycles. The molecule has 0 aromatic heterocycles. The Labute approximate surface area is 204 Å². The third kappa shape index (κ3) is 4.95. The Kier molecular flexibility index (Phi) is 6.82. The number of hydrogen-bond donors (Lipinski definition) is 0. The SMILES string of the molecule is COc1cccc([C@@]23CCN(CC4CC4)C[C@H]2CC[C@@H](N(C)C(=O)OCc2ccccc2)C3)c1. The van der Waals surface area contributed by atoms with Gasteiger partial charge in [0.2, 0.25) is 0 Å². The van der Waals surface area contributed by atoms with Crippen LogP contribution in [-0.2, 0) is 16.8 Å². The molecule has 3 atom stereocenters. The van der Waals surface area contributed by atoms with Crippen LogP contribution in [0.1, 0.15) is 49.7 Å². The first-order valence-electron chi connectivity index (χ1n) is 12.9. The van der Waals surface area contributed by atoms with Gasteiger partial charge < -0.3 is 19.3 Å². The molecule has 2 saturated carbocycles. The lowest BCUT2D eigenvalue weighted by molar-refractivity contribution is 0.0139. The van der Waals surface area contributed by atoms with Gasteiger partial charge in [-0.2, -0.15) is 0 Å². The molecule has 182 valence electrons. The second-order valence-electron chi connectivity index (χ2n) is 10.6. The fourth-order valence-corrected chi connectivity index (χ4v) is 6.25. The second kappa shape index (κ2) is 9.99. The van der Waals surface area contributed by atoms with Crippen molar-refractivity contribution in [1.29, 1.82) is 0 Å². The summed E-state index contributed by atoms with van der Waals surface area (Å²) in [5, 5.41) is 0. The van der Waals surface area contributed by atoms with Gasteiger partial charge >= 0.3 is 6.09 Å². The Balaban J connectivity index is 1.32. The molecule has 5 rings (SSSR count). The van der Waals surface area contributed by atoms with Crippen molar-refractivity contribution in [2.45, 2.75) is 56.6 Å². The van der Waals surface area contributed by atoms with Crippen molar-refractivity contribution < 1.29 is 14.3 Å². The largest absolute Gasteiger partial charge is 0.497 e. The summed E-state index contributed by atoms with van der Waals surface area (Å²) in [5.74, 6) is 2.45. The summed E-state index contributed by atoms with van der Waals surface area (Å²) in [6, 6.07) is 18.8. The predicted molar refractivity (Wildman–Crippen MR) is 134 cm³/mol. The van der Waals surface area contributed by atoms with Crippen LogP contribution in [-0.4, -0.2) is 55.7 Å². The van der Waals surface area contributed by atoms with E-state index in [0.29, 0.717) is 12.5 Å². The normalized spacial score (nSPS) is 27.0. The predicted octanol–water partition coefficient (Wildman–Crippen LogP) is 5.49. The average Bonchev–Trinajstić information content (AvgIpc) is 3.71. The van der Waals surface area contributed by atoms with Crippen LogP contribution in [0.15, 0.2) is 54.6 Å². The van der Waals surface area contributed by atoms with E-state index in [0.717, 1.165) is 49.5 Å². The van der Waals surface area contributed by atoms with Gasteiger partial charge in [-0.15, -0.1) is 0 Å². The highest BCUT2D eigenvalue weighted by Crippen LogP contribution is 2.51. The molecule has 1 aliphatic heterocycles. The average molecular weight is 463 g/mol. The maximum Gasteiger partial charge on any atom is 0.410 e. The molecule has 0 N–H and O–H groups in total. The summed E-state index contributed by atoms with van der Waals surface area (Å²) in [5.41, 5.74) is 2.47. The van der Waals surface area contributed by atoms with Crippen LogP contribution in [0.3, 0.4) is 0 Å². The molecule has 0 spiro atoms. The molecule has 2 aromatic rings. The summed E-state index contributed by atoms with van der Waals surface area (Å²) in [7, 11) is 3.66. The molecule has 1 saturated heterocycles. The van der Waals surface area contributed by atoms with Crippen LogP contribution < -0.4 is 4.74 Å². The lowest BCUT2D eigenvalue weighted by Crippen LogP contribution is -2.56. The highest BCUT2D eigenvalue weighted by atomic mass is 16.6. The van der Waals surface area contributed by atoms with Crippen LogP contribution in [0.4, 0.5) is 4.79 Å². The zero-order chi connectivity index (χ0) is 23.5. The number of methoxy groups -OCH3 is 1. The van der Waals surface area contributed by atoms with Crippen LogP contribution >= 0.6 is 0 Å². The van der Waals surface area contributed by atoms with Crippen molar-refractivity contribution in [2.24, 2.45) is 11.8 Å². The van der Waals surface area contributed by atoms with E-state index in [4.69, 9.17) is 9.47 Å². The van der Waals surface area contributed by atoms with E-state index in [1.807, 2.05) is 48.3 Å². The Bertz CT molecular complexity index is 976. The molecule has 3 aliphatic rings. The number of carbonyl (C=O) groups is 1. The van der Waals surface area contributed by atoms with Crippen LogP contribution in [0.5, 0.6) is 5.75 Å². The van der Waals surface area contributed by atoms with E-state index in [9.17, 15) is 4.79 Å². The minimum absolute atomic E-state index is 0.0749. The monoisotopic (exact) mass is 462 g/mol. The van der Waals surface area contributed by atoms with Gasteiger partial charge in [0.1, 0.15) is 12.4 Å². The lowest BCUT2D eigenvalue weighted by atomic mass is 9.58. The number of nitrogens with zero attached hydrogens (tertiary/aromatic N) is 2. The van der Waals surface area contributed by atoms with Crippen LogP contribution in [0.2, 0.25) is 0 Å². The highest BCUT2D eigenvalue weighted by molar-refractivity contribution is 5.67. The molecule has 0 radical (unpaired) electrons. The van der Waals surface area contributed by atoms with E-state index in [-0.39, 0.29) is 17.6 Å². The van der Waals surface area contributed by atoms with Crippen molar-refractivity contribution in [3.8, 4) is 5.75 Å². The number of likely N-dealkylation sites (tertiary alicyclic amines) is 1. The summed E-state index contributed by atoms with van der Waals surface area (Å²) in [6.07, 6.45) is 6.88. The lowest BCUT2D eigenvalue weighted by Gasteiger charge is -2.54. The quantitative estimate of drug-likeness (QED) is 0.546. The number of carbonyl (C=O) groups excluding carboxylic acids is 1. The standard InChI is InChI=1S/C29H38N2O3/c1-30(28(32)34-21-23-7-4-3-5-8-23)26-14-13-25-20-31(19-22-11-12-22)16-15-29(25,18-26)24-9-6-10-27(17-24)33-2/h3-10,17,22,25-26H,11-16,18-21H2,1-2H3/t25-,26-,29+/m1/s1. The van der Waals surface area contributed by atoms with Gasteiger partial charge in [0.05, 0.1) is 7.11 Å². The summed E-state index contributed by atoms with van der Waals surface area (Å²) < 4.78 is 11.3. The van der Waals surface area contributed by atoms with Crippen molar-refractivity contribution in [2.75, 3.05) is 33.8 Å². The van der Waals surface area contributed by atoms with Crippen LogP contribution in [0, 0.1) is 11.8 Å². The number of piperidine rings is 1. The smallest absolute Gasteiger partial charge is 0.410 e. The highest BCUT2D eigenvalue weighted by Gasteiger charge is 2.49. The van der Waals surface area contributed by atoms with Gasteiger partial charge in [0, 0.05) is 31.6 Å². The van der Waals surface area contributed by atoms with Crippen molar-refractivity contribution >= 4 is 6.09 Å². The van der Waals surface area contributed by atoms with Gasteiger partial charge in [-0.3, -0.25) is 0 Å². The zero-order valence-corrected chi connectivity index (χ0v) is 20.6. The third-order valence-corrected chi connectivity index (χ3v) is 8.48. The molecule has 5 heteroatoms. The third-order valence-electron chi connectivity index (χ3n) is 8.48. The summed E-state index contributed by atoms with van der Waals surface area (Å²) in [4.78, 5) is 17.5. The number of benzene rings is 2. The van der Waals surface area contributed by atoms with E-state index < -0.39 is 0 Å². The number of amides is 1. The molecule has 2 aromatic carbocycles. The Morgan fingerprint density at radius 1 is 1.09 bits per heavy atom. The zero-order valence-electron chi connectivity index (χ0n) is 20.6. The number of hydrogen-bond acceptors (Lipinski definition) is 4. The molecule has 0 bridgehead atoms. The minimum atomic E-state index is -0.223. The molecular weight excluding hydrogens is 424 g/mol. The number of rotatable bonds is 7. The molecule has 0 unspecified atom stereocenters. The van der Waals surface area contributed by atoms with Crippen LogP contribution in [0.25, 0.3) is 0 Å². The summed E-state index contributed by atoms with van der Waals surface area (Å²) >= 11 is 0. The molecular formula is C29H38N2O3. The van der Waals surface area contributed by atoms with Crippen molar-refractivity contribution in [3.05, 3.63) is 65.7 Å². The maximum absolute atomic E-state index is 13.0. The van der Waals surface area contributed by atoms with Gasteiger partial charge in [-0.25, -0.2) is 4.79 Å². The van der Waals surface area contributed by atoms with Crippen molar-refractivity contribution in [3.63, 3.8) is 0 Å². The van der Waals surface area contributed by atoms with E-state index >= 15 is 0 Å². The first-order valence-corrected chi connectivity index (χ1v) is 12.9. The topological polar surface area (TPSA) is 42.0 Å². The first-order chi connectivity index (χ1) is 16.6. The minimum Gasteiger partial charge on any atom is -0.497 e. The first kappa shape index (κ1) is 23.2.